The zero-order valence-corrected chi connectivity index (χ0v) is 12.7. The monoisotopic (exact) mass is 331 g/mol. The van der Waals surface area contributed by atoms with E-state index in [0.29, 0.717) is 0 Å². The Kier molecular flexibility index (Phi) is 4.32. The van der Waals surface area contributed by atoms with Gasteiger partial charge in [-0.1, -0.05) is 17.7 Å². The van der Waals surface area contributed by atoms with E-state index in [1.807, 2.05) is 0 Å². The van der Waals surface area contributed by atoms with Gasteiger partial charge in [0.2, 0.25) is 0 Å². The van der Waals surface area contributed by atoms with Gasteiger partial charge in [-0.25, -0.2) is 13.2 Å². The van der Waals surface area contributed by atoms with Gasteiger partial charge in [0.25, 0.3) is 10.0 Å². The molecule has 1 heterocycles. The van der Waals surface area contributed by atoms with E-state index >= 15 is 0 Å². The van der Waals surface area contributed by atoms with Crippen molar-refractivity contribution in [1.82, 2.24) is 0 Å². The summed E-state index contributed by atoms with van der Waals surface area (Å²) in [5.41, 5.74) is 0.337. The number of ether oxygens (including phenoxy) is 1. The number of methoxy groups -OCH3 is 1. The number of benzene rings is 1. The molecule has 106 valence electrons. The lowest BCUT2D eigenvalue weighted by atomic mass is 10.2. The molecule has 0 amide bonds. The average Bonchev–Trinajstić information content (AvgIpc) is 2.94. The van der Waals surface area contributed by atoms with Crippen LogP contribution in [0.25, 0.3) is 0 Å². The van der Waals surface area contributed by atoms with E-state index in [9.17, 15) is 13.2 Å². The highest BCUT2D eigenvalue weighted by molar-refractivity contribution is 7.94. The van der Waals surface area contributed by atoms with Gasteiger partial charge in [0.1, 0.15) is 4.21 Å². The van der Waals surface area contributed by atoms with Crippen LogP contribution in [0.15, 0.2) is 39.9 Å². The first-order chi connectivity index (χ1) is 9.44. The zero-order valence-electron chi connectivity index (χ0n) is 10.3. The van der Waals surface area contributed by atoms with E-state index in [-0.39, 0.29) is 20.5 Å². The summed E-state index contributed by atoms with van der Waals surface area (Å²) in [5.74, 6) is -0.632. The third kappa shape index (κ3) is 3.12. The third-order valence-corrected chi connectivity index (χ3v) is 5.49. The number of hydrogen-bond donors (Lipinski definition) is 1. The number of carbonyl (C=O) groups is 1. The first-order valence-corrected chi connectivity index (χ1v) is 8.12. The van der Waals surface area contributed by atoms with Crippen LogP contribution in [-0.4, -0.2) is 21.5 Å². The standard InChI is InChI=1S/C12H10ClNO4S2/c1-18-12(15)9-7-8(4-5-10(9)13)14-20(16,17)11-3-2-6-19-11/h2-7,14H,1H3. The van der Waals surface area contributed by atoms with Gasteiger partial charge in [0.15, 0.2) is 0 Å². The highest BCUT2D eigenvalue weighted by atomic mass is 35.5. The topological polar surface area (TPSA) is 72.5 Å². The van der Waals surface area contributed by atoms with Gasteiger partial charge >= 0.3 is 5.97 Å². The van der Waals surface area contributed by atoms with Gasteiger partial charge in [-0.3, -0.25) is 4.72 Å². The molecule has 1 N–H and O–H groups in total. The van der Waals surface area contributed by atoms with Gasteiger partial charge in [-0.15, -0.1) is 11.3 Å². The molecule has 20 heavy (non-hydrogen) atoms. The zero-order chi connectivity index (χ0) is 14.8. The lowest BCUT2D eigenvalue weighted by molar-refractivity contribution is 0.0601. The fourth-order valence-electron chi connectivity index (χ4n) is 1.48. The summed E-state index contributed by atoms with van der Waals surface area (Å²) >= 11 is 6.96. The van der Waals surface area contributed by atoms with Crippen LogP contribution in [0.2, 0.25) is 5.02 Å². The van der Waals surface area contributed by atoms with Gasteiger partial charge < -0.3 is 4.74 Å². The molecular formula is C12H10ClNO4S2. The Morgan fingerprint density at radius 2 is 2.10 bits per heavy atom. The molecule has 8 heteroatoms. The van der Waals surface area contributed by atoms with Crippen molar-refractivity contribution in [1.29, 1.82) is 0 Å². The van der Waals surface area contributed by atoms with Crippen molar-refractivity contribution < 1.29 is 17.9 Å². The fourth-order valence-corrected chi connectivity index (χ4v) is 3.71. The SMILES string of the molecule is COC(=O)c1cc(NS(=O)(=O)c2cccs2)ccc1Cl. The number of esters is 1. The molecule has 2 rings (SSSR count). The predicted molar refractivity (Wildman–Crippen MR) is 77.9 cm³/mol. The lowest BCUT2D eigenvalue weighted by Crippen LogP contribution is -2.12. The second kappa shape index (κ2) is 5.82. The maximum absolute atomic E-state index is 12.0. The van der Waals surface area contributed by atoms with E-state index in [0.717, 1.165) is 11.3 Å². The van der Waals surface area contributed by atoms with Crippen LogP contribution in [0.4, 0.5) is 5.69 Å². The molecule has 1 aromatic heterocycles. The molecule has 0 atom stereocenters. The molecule has 0 aliphatic carbocycles. The number of thiophene rings is 1. The van der Waals surface area contributed by atoms with E-state index < -0.39 is 16.0 Å². The maximum atomic E-state index is 12.0. The van der Waals surface area contributed by atoms with Gasteiger partial charge in [0, 0.05) is 5.69 Å². The highest BCUT2D eigenvalue weighted by Crippen LogP contribution is 2.24. The van der Waals surface area contributed by atoms with Crippen LogP contribution in [0.3, 0.4) is 0 Å². The highest BCUT2D eigenvalue weighted by Gasteiger charge is 2.17. The Hall–Kier alpha value is -1.57. The van der Waals surface area contributed by atoms with E-state index in [2.05, 4.69) is 9.46 Å². The van der Waals surface area contributed by atoms with Crippen molar-refractivity contribution >= 4 is 44.6 Å². The van der Waals surface area contributed by atoms with Crippen molar-refractivity contribution in [3.8, 4) is 0 Å². The minimum absolute atomic E-state index is 0.0977. The smallest absolute Gasteiger partial charge is 0.339 e. The molecule has 0 aliphatic rings. The minimum atomic E-state index is -3.66. The Morgan fingerprint density at radius 1 is 1.35 bits per heavy atom. The number of anilines is 1. The number of sulfonamides is 1. The molecule has 0 bridgehead atoms. The molecule has 5 nitrogen and oxygen atoms in total. The predicted octanol–water partition coefficient (Wildman–Crippen LogP) is 2.99. The van der Waals surface area contributed by atoms with Crippen LogP contribution >= 0.6 is 22.9 Å². The van der Waals surface area contributed by atoms with E-state index in [1.165, 1.54) is 31.4 Å². The minimum Gasteiger partial charge on any atom is -0.465 e. The van der Waals surface area contributed by atoms with Crippen LogP contribution in [0, 0.1) is 0 Å². The second-order valence-electron chi connectivity index (χ2n) is 3.72. The number of carbonyl (C=O) groups excluding carboxylic acids is 1. The van der Waals surface area contributed by atoms with Gasteiger partial charge in [-0.05, 0) is 29.6 Å². The Bertz CT molecular complexity index is 726. The summed E-state index contributed by atoms with van der Waals surface area (Å²) in [7, 11) is -2.44. The molecule has 0 aliphatic heterocycles. The molecule has 0 unspecified atom stereocenters. The number of hydrogen-bond acceptors (Lipinski definition) is 5. The molecule has 0 saturated carbocycles. The van der Waals surface area contributed by atoms with Crippen molar-refractivity contribution in [2.24, 2.45) is 0 Å². The van der Waals surface area contributed by atoms with Gasteiger partial charge in [-0.2, -0.15) is 0 Å². The third-order valence-electron chi connectivity index (χ3n) is 2.38. The summed E-state index contributed by atoms with van der Waals surface area (Å²) in [4.78, 5) is 11.5. The molecule has 2 aromatic rings. The van der Waals surface area contributed by atoms with Gasteiger partial charge in [0.05, 0.1) is 17.7 Å². The molecule has 0 fully saturated rings. The van der Waals surface area contributed by atoms with Crippen molar-refractivity contribution in [3.63, 3.8) is 0 Å². The quantitative estimate of drug-likeness (QED) is 0.874. The molecule has 0 saturated heterocycles. The largest absolute Gasteiger partial charge is 0.465 e. The normalized spacial score (nSPS) is 11.1. The Balaban J connectivity index is 2.33. The average molecular weight is 332 g/mol. The van der Waals surface area contributed by atoms with Crippen LogP contribution in [0.1, 0.15) is 10.4 Å². The maximum Gasteiger partial charge on any atom is 0.339 e. The number of rotatable bonds is 4. The number of nitrogens with one attached hydrogen (secondary N) is 1. The van der Waals surface area contributed by atoms with Crippen molar-refractivity contribution in [2.45, 2.75) is 4.21 Å². The Labute approximate surface area is 125 Å². The summed E-state index contributed by atoms with van der Waals surface area (Å²) in [6.07, 6.45) is 0. The van der Waals surface area contributed by atoms with Crippen LogP contribution in [-0.2, 0) is 14.8 Å². The molecule has 0 spiro atoms. The Morgan fingerprint density at radius 3 is 2.70 bits per heavy atom. The first-order valence-electron chi connectivity index (χ1n) is 5.38. The van der Waals surface area contributed by atoms with Crippen molar-refractivity contribution in [2.75, 3.05) is 11.8 Å². The fraction of sp³-hybridized carbons (Fsp3) is 0.0833. The number of halogens is 1. The second-order valence-corrected chi connectivity index (χ2v) is 6.99. The summed E-state index contributed by atoms with van der Waals surface area (Å²) in [6, 6.07) is 7.37. The summed E-state index contributed by atoms with van der Waals surface area (Å²) in [6.45, 7) is 0. The lowest BCUT2D eigenvalue weighted by Gasteiger charge is -2.08. The van der Waals surface area contributed by atoms with Crippen LogP contribution < -0.4 is 4.72 Å². The molecule has 0 radical (unpaired) electrons. The van der Waals surface area contributed by atoms with Crippen molar-refractivity contribution in [3.05, 3.63) is 46.3 Å². The summed E-state index contributed by atoms with van der Waals surface area (Å²) < 4.78 is 31.2. The van der Waals surface area contributed by atoms with E-state index in [4.69, 9.17) is 11.6 Å². The van der Waals surface area contributed by atoms with E-state index in [1.54, 1.807) is 11.4 Å². The molecular weight excluding hydrogens is 322 g/mol. The first kappa shape index (κ1) is 14.8. The molecule has 1 aromatic carbocycles. The summed E-state index contributed by atoms with van der Waals surface area (Å²) in [5, 5.41) is 1.85. The van der Waals surface area contributed by atoms with Crippen LogP contribution in [0.5, 0.6) is 0 Å².